The maximum Gasteiger partial charge on any atom is 0.326 e. The van der Waals surface area contributed by atoms with Crippen LogP contribution in [0.25, 0.3) is 0 Å². The summed E-state index contributed by atoms with van der Waals surface area (Å²) in [6.07, 6.45) is -0.946. The van der Waals surface area contributed by atoms with E-state index in [4.69, 9.17) is 16.6 Å². The lowest BCUT2D eigenvalue weighted by Gasteiger charge is -2.27. The Labute approximate surface area is 221 Å². The molecule has 0 saturated carbocycles. The Morgan fingerprint density at radius 1 is 0.737 bits per heavy atom. The molecule has 5 unspecified atom stereocenters. The van der Waals surface area contributed by atoms with Crippen LogP contribution in [-0.2, 0) is 28.8 Å². The minimum atomic E-state index is -1.48. The number of rotatable bonds is 19. The van der Waals surface area contributed by atoms with Crippen LogP contribution >= 0.6 is 0 Å². The van der Waals surface area contributed by atoms with Gasteiger partial charge in [-0.3, -0.25) is 24.0 Å². The molecule has 0 rings (SSSR count). The van der Waals surface area contributed by atoms with Crippen LogP contribution in [0.4, 0.5) is 0 Å². The van der Waals surface area contributed by atoms with E-state index < -0.39 is 78.8 Å². The molecule has 0 aromatic carbocycles. The van der Waals surface area contributed by atoms with Crippen LogP contribution in [-0.4, -0.2) is 94.2 Å². The molecular weight excluding hydrogens is 504 g/mol. The highest BCUT2D eigenvalue weighted by Gasteiger charge is 2.32. The molecule has 0 saturated heterocycles. The Balaban J connectivity index is 5.74. The van der Waals surface area contributed by atoms with Crippen molar-refractivity contribution < 1.29 is 44.1 Å². The number of aliphatic hydroxyl groups is 1. The minimum Gasteiger partial charge on any atom is -0.481 e. The Bertz CT molecular complexity index is 821. The summed E-state index contributed by atoms with van der Waals surface area (Å²) in [5, 5.41) is 37.7. The third kappa shape index (κ3) is 13.9. The van der Waals surface area contributed by atoms with Gasteiger partial charge in [-0.15, -0.1) is 0 Å². The van der Waals surface area contributed by atoms with Crippen molar-refractivity contribution in [3.05, 3.63) is 0 Å². The molecule has 15 heteroatoms. The highest BCUT2D eigenvalue weighted by Crippen LogP contribution is 2.09. The van der Waals surface area contributed by atoms with Gasteiger partial charge in [0.05, 0.1) is 12.6 Å². The summed E-state index contributed by atoms with van der Waals surface area (Å²) in [4.78, 5) is 72.9. The summed E-state index contributed by atoms with van der Waals surface area (Å²) < 4.78 is 0. The maximum atomic E-state index is 13.2. The molecule has 0 aliphatic heterocycles. The molecule has 38 heavy (non-hydrogen) atoms. The Morgan fingerprint density at radius 3 is 1.76 bits per heavy atom. The molecule has 4 amide bonds. The van der Waals surface area contributed by atoms with E-state index in [0.717, 1.165) is 0 Å². The Kier molecular flexibility index (Phi) is 16.5. The van der Waals surface area contributed by atoms with Crippen LogP contribution in [0.2, 0.25) is 0 Å². The van der Waals surface area contributed by atoms with Gasteiger partial charge >= 0.3 is 11.9 Å². The van der Waals surface area contributed by atoms with Crippen LogP contribution < -0.4 is 32.7 Å². The highest BCUT2D eigenvalue weighted by atomic mass is 16.4. The standard InChI is InChI=1S/C23H42N6O9/c1-12(2)10-16(21(35)27-15(23(37)38)7-8-18(32)33)28-20(34)14(6-4-5-9-24)26-22(36)19(13(3)30)29-17(31)11-25/h12-16,19,30H,4-11,24-25H2,1-3H3,(H,26,36)(H,27,35)(H,28,34)(H,29,31)(H,32,33)(H,37,38). The lowest BCUT2D eigenvalue weighted by Crippen LogP contribution is -2.59. The minimum absolute atomic E-state index is 0.107. The fourth-order valence-electron chi connectivity index (χ4n) is 3.43. The number of aliphatic carboxylic acids is 2. The quantitative estimate of drug-likeness (QED) is 0.0757. The van der Waals surface area contributed by atoms with E-state index in [1.165, 1.54) is 6.92 Å². The number of nitrogens with two attached hydrogens (primary N) is 2. The third-order valence-corrected chi connectivity index (χ3v) is 5.45. The molecule has 0 aromatic rings. The summed E-state index contributed by atoms with van der Waals surface area (Å²) in [5.74, 6) is -5.88. The number of carboxylic acid groups (broad SMARTS) is 2. The lowest BCUT2D eigenvalue weighted by atomic mass is 10.0. The summed E-state index contributed by atoms with van der Waals surface area (Å²) >= 11 is 0. The first-order valence-corrected chi connectivity index (χ1v) is 12.5. The summed E-state index contributed by atoms with van der Waals surface area (Å²) in [5.41, 5.74) is 10.8. The van der Waals surface area contributed by atoms with Gasteiger partial charge in [0.1, 0.15) is 24.2 Å². The predicted molar refractivity (Wildman–Crippen MR) is 135 cm³/mol. The van der Waals surface area contributed by atoms with Crippen LogP contribution in [0.5, 0.6) is 0 Å². The molecule has 5 atom stereocenters. The summed E-state index contributed by atoms with van der Waals surface area (Å²) in [6, 6.07) is -5.23. The third-order valence-electron chi connectivity index (χ3n) is 5.45. The van der Waals surface area contributed by atoms with Crippen LogP contribution in [0.3, 0.4) is 0 Å². The van der Waals surface area contributed by atoms with Gasteiger partial charge in [-0.1, -0.05) is 13.8 Å². The second-order valence-electron chi connectivity index (χ2n) is 9.36. The van der Waals surface area contributed by atoms with Gasteiger partial charge in [-0.25, -0.2) is 4.79 Å². The molecule has 218 valence electrons. The number of nitrogens with one attached hydrogen (secondary N) is 4. The second-order valence-corrected chi connectivity index (χ2v) is 9.36. The monoisotopic (exact) mass is 546 g/mol. The highest BCUT2D eigenvalue weighted by molar-refractivity contribution is 5.95. The van der Waals surface area contributed by atoms with Gasteiger partial charge in [0, 0.05) is 6.42 Å². The Morgan fingerprint density at radius 2 is 1.29 bits per heavy atom. The van der Waals surface area contributed by atoms with E-state index in [2.05, 4.69) is 21.3 Å². The van der Waals surface area contributed by atoms with Gasteiger partial charge in [-0.2, -0.15) is 0 Å². The number of hydrogen-bond donors (Lipinski definition) is 9. The molecule has 0 bridgehead atoms. The first-order valence-electron chi connectivity index (χ1n) is 12.5. The summed E-state index contributed by atoms with van der Waals surface area (Å²) in [7, 11) is 0. The van der Waals surface area contributed by atoms with Crippen LogP contribution in [0.1, 0.15) is 59.3 Å². The number of carbonyl (C=O) groups excluding carboxylic acids is 4. The molecule has 0 aliphatic carbocycles. The smallest absolute Gasteiger partial charge is 0.326 e. The van der Waals surface area contributed by atoms with Gasteiger partial charge in [-0.05, 0) is 51.5 Å². The SMILES string of the molecule is CC(C)CC(NC(=O)C(CCCCN)NC(=O)C(NC(=O)CN)C(C)O)C(=O)NC(CCC(=O)O)C(=O)O. The maximum absolute atomic E-state index is 13.2. The van der Waals surface area contributed by atoms with Crippen molar-refractivity contribution in [3.8, 4) is 0 Å². The van der Waals surface area contributed by atoms with Gasteiger partial charge in [0.25, 0.3) is 0 Å². The Hall–Kier alpha value is -3.30. The van der Waals surface area contributed by atoms with Crippen molar-refractivity contribution in [2.24, 2.45) is 17.4 Å². The molecule has 0 aliphatic rings. The van der Waals surface area contributed by atoms with Crippen LogP contribution in [0, 0.1) is 5.92 Å². The van der Waals surface area contributed by atoms with E-state index in [0.29, 0.717) is 19.4 Å². The number of aliphatic hydroxyl groups excluding tert-OH is 1. The van der Waals surface area contributed by atoms with E-state index in [-0.39, 0.29) is 25.2 Å². The molecule has 0 fully saturated rings. The first kappa shape index (κ1) is 34.7. The van der Waals surface area contributed by atoms with Gasteiger partial charge in [0.15, 0.2) is 0 Å². The molecule has 0 spiro atoms. The largest absolute Gasteiger partial charge is 0.481 e. The van der Waals surface area contributed by atoms with E-state index >= 15 is 0 Å². The fraction of sp³-hybridized carbons (Fsp3) is 0.739. The molecule has 0 aromatic heterocycles. The number of carboxylic acids is 2. The van der Waals surface area contributed by atoms with Crippen molar-refractivity contribution in [3.63, 3.8) is 0 Å². The topological polar surface area (TPSA) is 263 Å². The predicted octanol–water partition coefficient (Wildman–Crippen LogP) is -2.61. The molecule has 0 heterocycles. The van der Waals surface area contributed by atoms with Crippen molar-refractivity contribution in [2.75, 3.05) is 13.1 Å². The molecular formula is C23H42N6O9. The van der Waals surface area contributed by atoms with Gasteiger partial charge in [0.2, 0.25) is 23.6 Å². The van der Waals surface area contributed by atoms with Crippen molar-refractivity contribution >= 4 is 35.6 Å². The van der Waals surface area contributed by atoms with Crippen LogP contribution in [0.15, 0.2) is 0 Å². The second kappa shape index (κ2) is 18.0. The van der Waals surface area contributed by atoms with E-state index in [9.17, 15) is 39.0 Å². The average molecular weight is 547 g/mol. The number of hydrogen-bond acceptors (Lipinski definition) is 9. The normalized spacial score (nSPS) is 14.9. The zero-order valence-corrected chi connectivity index (χ0v) is 22.1. The molecule has 15 nitrogen and oxygen atoms in total. The fourth-order valence-corrected chi connectivity index (χ4v) is 3.43. The molecule has 11 N–H and O–H groups in total. The van der Waals surface area contributed by atoms with Crippen molar-refractivity contribution in [1.29, 1.82) is 0 Å². The van der Waals surface area contributed by atoms with Crippen molar-refractivity contribution in [1.82, 2.24) is 21.3 Å². The summed E-state index contributed by atoms with van der Waals surface area (Å²) in [6.45, 7) is 4.73. The average Bonchev–Trinajstić information content (AvgIpc) is 2.82. The lowest BCUT2D eigenvalue weighted by molar-refractivity contribution is -0.143. The number of amides is 4. The number of unbranched alkanes of at least 4 members (excludes halogenated alkanes) is 1. The van der Waals surface area contributed by atoms with E-state index in [1.54, 1.807) is 13.8 Å². The van der Waals surface area contributed by atoms with Gasteiger partial charge < -0.3 is 48.1 Å². The zero-order chi connectivity index (χ0) is 29.4. The van der Waals surface area contributed by atoms with E-state index in [1.807, 2.05) is 0 Å². The molecule has 0 radical (unpaired) electrons. The first-order chi connectivity index (χ1) is 17.7. The zero-order valence-electron chi connectivity index (χ0n) is 22.1. The van der Waals surface area contributed by atoms with Crippen molar-refractivity contribution in [2.45, 2.75) is 89.6 Å². The number of carbonyl (C=O) groups is 6.